The van der Waals surface area contributed by atoms with E-state index in [0.29, 0.717) is 39.6 Å². The molecule has 106 heavy (non-hydrogen) atoms. The van der Waals surface area contributed by atoms with Crippen molar-refractivity contribution in [3.05, 3.63) is 0 Å². The topological polar surface area (TPSA) is 124 Å². The average molecular weight is 1610 g/mol. The Morgan fingerprint density at radius 1 is 0.189 bits per heavy atom. The van der Waals surface area contributed by atoms with Crippen molar-refractivity contribution in [1.29, 1.82) is 0 Å². The summed E-state index contributed by atoms with van der Waals surface area (Å²) in [4.78, 5) is 53.6. The summed E-state index contributed by atoms with van der Waals surface area (Å²) in [7, 11) is 0. The normalized spacial score (nSPS) is 13.4. The summed E-state index contributed by atoms with van der Waals surface area (Å²) >= 11 is 5.95. The molecule has 0 aromatic carbocycles. The summed E-state index contributed by atoms with van der Waals surface area (Å²) in [6, 6.07) is 0. The lowest BCUT2D eigenvalue weighted by atomic mass is 10.0. The lowest BCUT2D eigenvalue weighted by molar-refractivity contribution is -0.143. The lowest BCUT2D eigenvalue weighted by Crippen LogP contribution is -2.19. The van der Waals surface area contributed by atoms with Crippen molar-refractivity contribution < 1.29 is 47.2 Å². The number of esters is 4. The van der Waals surface area contributed by atoms with Crippen LogP contribution in [0.25, 0.3) is 0 Å². The summed E-state index contributed by atoms with van der Waals surface area (Å²) in [5.41, 5.74) is 0. The highest BCUT2D eigenvalue weighted by molar-refractivity contribution is 8.87. The quantitative estimate of drug-likeness (QED) is 0.0248. The van der Waals surface area contributed by atoms with E-state index in [1.807, 2.05) is 27.7 Å². The molecule has 0 fully saturated rings. The molecule has 0 aliphatic carbocycles. The maximum atomic E-state index is 13.4. The number of hydrogen-bond acceptors (Lipinski definition) is 14. The van der Waals surface area contributed by atoms with Gasteiger partial charge in [0.15, 0.2) is 13.1 Å². The van der Waals surface area contributed by atoms with Crippen LogP contribution in [0.15, 0.2) is 0 Å². The standard InChI is InChI=1S/C90H176O10P2S4/c1-9-13-17-21-25-29-33-37-41-45-49-53-57-61-65-71-77-95-87(91)83(5)103-101(104-84(6)88(92)96-78-72-66-62-58-54-50-46-42-38-34-30-26-22-18-14-10-2)99-81-75-69-70-76-82-100-102(105-85(7)89(93)97-79-73-67-63-59-55-51-47-43-39-35-31-27-23-19-15-11-3)106-86(8)90(94)98-80-74-68-64-60-56-52-48-44-40-36-32-28-24-20-16-12-4/h83-86H,9-82H2,1-8H3. The fourth-order valence-corrected chi connectivity index (χ4v) is 27.6. The molecule has 630 valence electrons. The van der Waals surface area contributed by atoms with Crippen LogP contribution >= 0.6 is 58.6 Å². The molecular weight excluding hydrogens is 1430 g/mol. The van der Waals surface area contributed by atoms with Gasteiger partial charge in [0.1, 0.15) is 21.0 Å². The van der Waals surface area contributed by atoms with Crippen LogP contribution in [-0.4, -0.2) is 84.5 Å². The number of hydrogen-bond donors (Lipinski definition) is 0. The zero-order chi connectivity index (χ0) is 77.2. The van der Waals surface area contributed by atoms with Gasteiger partial charge in [-0.15, -0.1) is 0 Å². The first-order valence-electron chi connectivity index (χ1n) is 46.2. The van der Waals surface area contributed by atoms with Gasteiger partial charge in [-0.05, 0) is 66.2 Å². The van der Waals surface area contributed by atoms with Gasteiger partial charge in [0, 0.05) is 0 Å². The van der Waals surface area contributed by atoms with Crippen molar-refractivity contribution in [2.24, 2.45) is 0 Å². The van der Waals surface area contributed by atoms with Gasteiger partial charge in [-0.3, -0.25) is 19.2 Å². The van der Waals surface area contributed by atoms with E-state index >= 15 is 0 Å². The molecule has 0 saturated heterocycles. The molecule has 4 unspecified atom stereocenters. The van der Waals surface area contributed by atoms with E-state index in [-0.39, 0.29) is 23.9 Å². The second kappa shape index (κ2) is 87.4. The minimum Gasteiger partial charge on any atom is -0.465 e. The maximum Gasteiger partial charge on any atom is 0.319 e. The molecule has 10 nitrogen and oxygen atoms in total. The zero-order valence-corrected chi connectivity index (χ0v) is 76.3. The zero-order valence-electron chi connectivity index (χ0n) is 71.2. The number of ether oxygens (including phenoxy) is 4. The number of unbranched alkanes of at least 4 members (excludes halogenated alkanes) is 63. The van der Waals surface area contributed by atoms with Crippen LogP contribution in [0.1, 0.15) is 492 Å². The lowest BCUT2D eigenvalue weighted by Gasteiger charge is -2.22. The van der Waals surface area contributed by atoms with Crippen molar-refractivity contribution in [2.45, 2.75) is 513 Å². The Labute approximate surface area is 677 Å². The molecule has 0 N–H and O–H groups in total. The Kier molecular flexibility index (Phi) is 87.5. The fourth-order valence-electron chi connectivity index (χ4n) is 13.5. The summed E-state index contributed by atoms with van der Waals surface area (Å²) in [6.07, 6.45) is 87.0. The minimum absolute atomic E-state index is 0.216. The third-order valence-corrected chi connectivity index (χ3v) is 34.4. The number of carbonyl (C=O) groups excluding carboxylic acids is 4. The van der Waals surface area contributed by atoms with E-state index in [1.165, 1.54) is 405 Å². The van der Waals surface area contributed by atoms with Crippen LogP contribution in [-0.2, 0) is 47.2 Å². The van der Waals surface area contributed by atoms with Crippen molar-refractivity contribution in [3.63, 3.8) is 0 Å². The summed E-state index contributed by atoms with van der Waals surface area (Å²) < 4.78 is 36.4. The third kappa shape index (κ3) is 78.0. The molecule has 0 radical (unpaired) electrons. The second-order valence-corrected chi connectivity index (χ2v) is 44.4. The Morgan fingerprint density at radius 2 is 0.302 bits per heavy atom. The Hall–Kier alpha value is 0.0600. The summed E-state index contributed by atoms with van der Waals surface area (Å²) in [6.45, 7) is 17.1. The predicted octanol–water partition coefficient (Wildman–Crippen LogP) is 32.7. The first-order chi connectivity index (χ1) is 52.0. The Balaban J connectivity index is 5.29. The van der Waals surface area contributed by atoms with Crippen molar-refractivity contribution in [3.8, 4) is 0 Å². The van der Waals surface area contributed by atoms with E-state index in [9.17, 15) is 19.2 Å². The van der Waals surface area contributed by atoms with Gasteiger partial charge in [-0.1, -0.05) is 471 Å². The molecule has 0 bridgehead atoms. The molecule has 0 rings (SSSR count). The van der Waals surface area contributed by atoms with Crippen LogP contribution in [0.3, 0.4) is 0 Å². The fraction of sp³-hybridized carbons (Fsp3) is 0.956. The molecule has 0 amide bonds. The van der Waals surface area contributed by atoms with E-state index in [0.717, 1.165) is 77.0 Å². The van der Waals surface area contributed by atoms with Crippen molar-refractivity contribution in [1.82, 2.24) is 0 Å². The summed E-state index contributed by atoms with van der Waals surface area (Å²) in [5.74, 6) is -0.865. The largest absolute Gasteiger partial charge is 0.465 e. The first-order valence-corrected chi connectivity index (χ1v) is 54.7. The molecule has 4 atom stereocenters. The van der Waals surface area contributed by atoms with Crippen LogP contribution in [0.4, 0.5) is 0 Å². The van der Waals surface area contributed by atoms with E-state index in [2.05, 4.69) is 27.7 Å². The van der Waals surface area contributed by atoms with Gasteiger partial charge in [0.2, 0.25) is 0 Å². The van der Waals surface area contributed by atoms with Crippen molar-refractivity contribution in [2.75, 3.05) is 39.6 Å². The third-order valence-electron chi connectivity index (χ3n) is 20.7. The molecule has 0 heterocycles. The van der Waals surface area contributed by atoms with Gasteiger partial charge in [-0.2, -0.15) is 0 Å². The Bertz CT molecular complexity index is 1590. The van der Waals surface area contributed by atoms with Gasteiger partial charge in [0.25, 0.3) is 0 Å². The number of carbonyl (C=O) groups is 4. The van der Waals surface area contributed by atoms with Crippen LogP contribution in [0, 0.1) is 0 Å². The second-order valence-electron chi connectivity index (χ2n) is 31.4. The maximum absolute atomic E-state index is 13.4. The van der Waals surface area contributed by atoms with Gasteiger partial charge < -0.3 is 28.0 Å². The molecule has 0 aliphatic rings. The van der Waals surface area contributed by atoms with E-state index < -0.39 is 34.1 Å². The molecule has 16 heteroatoms. The van der Waals surface area contributed by atoms with Crippen molar-refractivity contribution >= 4 is 82.5 Å². The molecule has 0 spiro atoms. The highest BCUT2D eigenvalue weighted by Crippen LogP contribution is 2.66. The summed E-state index contributed by atoms with van der Waals surface area (Å²) in [5, 5.41) is -1.68. The predicted molar refractivity (Wildman–Crippen MR) is 474 cm³/mol. The van der Waals surface area contributed by atoms with E-state index in [1.54, 1.807) is 0 Å². The molecular formula is C90H176O10P2S4. The van der Waals surface area contributed by atoms with E-state index in [4.69, 9.17) is 28.0 Å². The highest BCUT2D eigenvalue weighted by atomic mass is 33.1. The van der Waals surface area contributed by atoms with Crippen LogP contribution < -0.4 is 0 Å². The molecule has 0 aliphatic heterocycles. The highest BCUT2D eigenvalue weighted by Gasteiger charge is 2.29. The Morgan fingerprint density at radius 3 is 0.434 bits per heavy atom. The molecule has 0 aromatic heterocycles. The van der Waals surface area contributed by atoms with Gasteiger partial charge >= 0.3 is 23.9 Å². The van der Waals surface area contributed by atoms with Gasteiger partial charge in [0.05, 0.1) is 39.6 Å². The first kappa shape index (κ1) is 106. The monoisotopic (exact) mass is 1610 g/mol. The van der Waals surface area contributed by atoms with Crippen LogP contribution in [0.2, 0.25) is 0 Å². The molecule has 0 saturated carbocycles. The minimum atomic E-state index is -1.25. The smallest absolute Gasteiger partial charge is 0.319 e. The van der Waals surface area contributed by atoms with Gasteiger partial charge in [-0.25, -0.2) is 0 Å². The number of rotatable bonds is 89. The SMILES string of the molecule is CCCCCCCCCCCCCCCCCCOC(=O)C(C)SP(OCCCCCCOP(SC(C)C(=O)OCCCCCCCCCCCCCCCCCC)SC(C)C(=O)OCCCCCCCCCCCCCCCCCC)SC(C)C(=O)OCCCCCCCCCCCCCCCCCC. The average Bonchev–Trinajstić information content (AvgIpc) is 0.917. The van der Waals surface area contributed by atoms with Crippen LogP contribution in [0.5, 0.6) is 0 Å². The molecule has 0 aromatic rings.